The molecule has 0 saturated heterocycles. The fourth-order valence-electron chi connectivity index (χ4n) is 2.64. The number of carbonyl (C=O) groups excluding carboxylic acids is 1. The zero-order valence-corrected chi connectivity index (χ0v) is 12.7. The van der Waals surface area contributed by atoms with Gasteiger partial charge < -0.3 is 9.14 Å². The number of esters is 1. The monoisotopic (exact) mass is 291 g/mol. The Hall–Kier alpha value is -2.81. The Balaban J connectivity index is 2.19. The van der Waals surface area contributed by atoms with Crippen LogP contribution in [0.3, 0.4) is 0 Å². The number of pyridine rings is 1. The van der Waals surface area contributed by atoms with Crippen molar-refractivity contribution in [3.63, 3.8) is 0 Å². The van der Waals surface area contributed by atoms with E-state index in [4.69, 9.17) is 4.74 Å². The molecule has 3 nitrogen and oxygen atoms in total. The molecule has 0 atom stereocenters. The highest BCUT2D eigenvalue weighted by Gasteiger charge is 2.17. The molecule has 110 valence electrons. The smallest absolute Gasteiger partial charge is 0.340 e. The van der Waals surface area contributed by atoms with Crippen LogP contribution in [-0.2, 0) is 4.74 Å². The van der Waals surface area contributed by atoms with E-state index in [0.717, 1.165) is 22.3 Å². The van der Waals surface area contributed by atoms with E-state index < -0.39 is 0 Å². The van der Waals surface area contributed by atoms with Gasteiger partial charge in [0.2, 0.25) is 0 Å². The summed E-state index contributed by atoms with van der Waals surface area (Å²) in [5.41, 5.74) is 5.35. The second kappa shape index (κ2) is 5.53. The lowest BCUT2D eigenvalue weighted by Gasteiger charge is -2.07. The molecule has 0 bridgehead atoms. The van der Waals surface area contributed by atoms with Crippen molar-refractivity contribution < 1.29 is 9.53 Å². The molecule has 0 aliphatic carbocycles. The van der Waals surface area contributed by atoms with Crippen molar-refractivity contribution in [2.75, 3.05) is 7.11 Å². The molecule has 22 heavy (non-hydrogen) atoms. The molecular formula is C19H17NO2. The molecule has 3 heteroatoms. The Bertz CT molecular complexity index is 874. The molecule has 0 saturated carbocycles. The second-order valence-corrected chi connectivity index (χ2v) is 5.24. The number of rotatable bonds is 3. The summed E-state index contributed by atoms with van der Waals surface area (Å²) in [5, 5.41) is 0. The molecule has 0 amide bonds. The molecule has 2 heterocycles. The Morgan fingerprint density at radius 3 is 2.68 bits per heavy atom. The van der Waals surface area contributed by atoms with E-state index in [1.807, 2.05) is 60.0 Å². The molecule has 2 aromatic heterocycles. The minimum atomic E-state index is -0.341. The highest BCUT2D eigenvalue weighted by molar-refractivity contribution is 5.99. The van der Waals surface area contributed by atoms with Gasteiger partial charge in [-0.05, 0) is 36.3 Å². The maximum absolute atomic E-state index is 12.0. The molecule has 0 radical (unpaired) electrons. The summed E-state index contributed by atoms with van der Waals surface area (Å²) in [7, 11) is 1.39. The highest BCUT2D eigenvalue weighted by Crippen LogP contribution is 2.27. The minimum Gasteiger partial charge on any atom is -0.465 e. The first kappa shape index (κ1) is 14.1. The van der Waals surface area contributed by atoms with Gasteiger partial charge in [-0.3, -0.25) is 0 Å². The number of nitrogens with zero attached hydrogens (tertiary/aromatic N) is 1. The molecule has 0 N–H and O–H groups in total. The van der Waals surface area contributed by atoms with Gasteiger partial charge in [-0.25, -0.2) is 4.79 Å². The van der Waals surface area contributed by atoms with E-state index in [0.29, 0.717) is 5.56 Å². The van der Waals surface area contributed by atoms with Crippen molar-refractivity contribution in [2.45, 2.75) is 6.92 Å². The maximum atomic E-state index is 12.0. The van der Waals surface area contributed by atoms with Crippen molar-refractivity contribution in [3.8, 4) is 0 Å². The lowest BCUT2D eigenvalue weighted by Crippen LogP contribution is -1.99. The zero-order valence-electron chi connectivity index (χ0n) is 12.7. The van der Waals surface area contributed by atoms with Crippen LogP contribution in [0.15, 0.2) is 61.3 Å². The lowest BCUT2D eigenvalue weighted by molar-refractivity contribution is 0.0603. The van der Waals surface area contributed by atoms with Crippen LogP contribution in [-0.4, -0.2) is 17.5 Å². The Labute approximate surface area is 129 Å². The fourth-order valence-corrected chi connectivity index (χ4v) is 2.64. The highest BCUT2D eigenvalue weighted by atomic mass is 16.5. The van der Waals surface area contributed by atoms with Gasteiger partial charge in [-0.2, -0.15) is 0 Å². The number of aryl methyl sites for hydroxylation is 1. The third-order valence-corrected chi connectivity index (χ3v) is 3.76. The molecule has 3 aromatic rings. The summed E-state index contributed by atoms with van der Waals surface area (Å²) < 4.78 is 6.85. The lowest BCUT2D eigenvalue weighted by atomic mass is 10.0. The molecule has 1 aromatic carbocycles. The van der Waals surface area contributed by atoms with Crippen molar-refractivity contribution in [1.29, 1.82) is 0 Å². The Morgan fingerprint density at radius 2 is 1.95 bits per heavy atom. The average molecular weight is 291 g/mol. The number of ether oxygens (including phenoxy) is 1. The summed E-state index contributed by atoms with van der Waals surface area (Å²) >= 11 is 0. The maximum Gasteiger partial charge on any atom is 0.340 e. The van der Waals surface area contributed by atoms with Crippen molar-refractivity contribution in [3.05, 3.63) is 83.7 Å². The number of methoxy groups -OCH3 is 1. The van der Waals surface area contributed by atoms with Gasteiger partial charge in [0.05, 0.1) is 23.9 Å². The molecule has 0 aliphatic rings. The predicted molar refractivity (Wildman–Crippen MR) is 88.1 cm³/mol. The first-order chi connectivity index (χ1) is 10.6. The van der Waals surface area contributed by atoms with Crippen molar-refractivity contribution in [1.82, 2.24) is 4.40 Å². The van der Waals surface area contributed by atoms with Gasteiger partial charge in [0, 0.05) is 6.20 Å². The van der Waals surface area contributed by atoms with Crippen LogP contribution in [0.25, 0.3) is 11.1 Å². The minimum absolute atomic E-state index is 0.341. The van der Waals surface area contributed by atoms with Crippen LogP contribution in [0.2, 0.25) is 0 Å². The van der Waals surface area contributed by atoms with E-state index in [2.05, 4.69) is 12.6 Å². The van der Waals surface area contributed by atoms with Gasteiger partial charge in [0.15, 0.2) is 0 Å². The van der Waals surface area contributed by atoms with E-state index in [-0.39, 0.29) is 5.97 Å². The summed E-state index contributed by atoms with van der Waals surface area (Å²) in [6.07, 6.45) is 1.93. The number of hydrogen-bond donors (Lipinski definition) is 0. The molecule has 0 aliphatic heterocycles. The molecule has 0 fully saturated rings. The van der Waals surface area contributed by atoms with Crippen LogP contribution in [0, 0.1) is 6.92 Å². The number of fused-ring (bicyclic) bond motifs is 1. The summed E-state index contributed by atoms with van der Waals surface area (Å²) in [6.45, 7) is 6.26. The van der Waals surface area contributed by atoms with E-state index in [9.17, 15) is 4.79 Å². The fraction of sp³-hybridized carbons (Fsp3) is 0.105. The molecular weight excluding hydrogens is 274 g/mol. The summed E-state index contributed by atoms with van der Waals surface area (Å²) in [6, 6.07) is 15.7. The van der Waals surface area contributed by atoms with Gasteiger partial charge in [0.1, 0.15) is 0 Å². The van der Waals surface area contributed by atoms with Gasteiger partial charge >= 0.3 is 5.97 Å². The average Bonchev–Trinajstić information content (AvgIpc) is 2.93. The van der Waals surface area contributed by atoms with E-state index >= 15 is 0 Å². The summed E-state index contributed by atoms with van der Waals surface area (Å²) in [5.74, 6) is -0.341. The normalized spacial score (nSPS) is 10.6. The third-order valence-electron chi connectivity index (χ3n) is 3.76. The number of carbonyl (C=O) groups is 1. The summed E-state index contributed by atoms with van der Waals surface area (Å²) in [4.78, 5) is 12.0. The molecule has 0 unspecified atom stereocenters. The Morgan fingerprint density at radius 1 is 1.14 bits per heavy atom. The first-order valence-electron chi connectivity index (χ1n) is 7.06. The van der Waals surface area contributed by atoms with Gasteiger partial charge in [0.25, 0.3) is 0 Å². The van der Waals surface area contributed by atoms with Crippen molar-refractivity contribution >= 4 is 17.1 Å². The topological polar surface area (TPSA) is 30.7 Å². The van der Waals surface area contributed by atoms with Crippen molar-refractivity contribution in [2.24, 2.45) is 0 Å². The van der Waals surface area contributed by atoms with E-state index in [1.54, 1.807) is 0 Å². The largest absolute Gasteiger partial charge is 0.465 e. The number of benzene rings is 1. The zero-order chi connectivity index (χ0) is 15.7. The van der Waals surface area contributed by atoms with Gasteiger partial charge in [-0.1, -0.05) is 42.5 Å². The molecule has 0 spiro atoms. The van der Waals surface area contributed by atoms with Crippen LogP contribution < -0.4 is 0 Å². The quantitative estimate of drug-likeness (QED) is 0.680. The SMILES string of the molecule is C=C(c1cccc(C)c1)c1cc(C(=O)OC)c2ccccn12. The third kappa shape index (κ3) is 2.31. The van der Waals surface area contributed by atoms with Crippen LogP contribution in [0.5, 0.6) is 0 Å². The number of aromatic nitrogens is 1. The first-order valence-corrected chi connectivity index (χ1v) is 7.06. The van der Waals surface area contributed by atoms with Crippen LogP contribution in [0.1, 0.15) is 27.2 Å². The van der Waals surface area contributed by atoms with Crippen LogP contribution in [0.4, 0.5) is 0 Å². The number of hydrogen-bond acceptors (Lipinski definition) is 2. The second-order valence-electron chi connectivity index (χ2n) is 5.24. The van der Waals surface area contributed by atoms with Crippen LogP contribution >= 0.6 is 0 Å². The molecule has 3 rings (SSSR count). The Kier molecular flexibility index (Phi) is 3.55. The predicted octanol–water partition coefficient (Wildman–Crippen LogP) is 4.10. The van der Waals surface area contributed by atoms with Gasteiger partial charge in [-0.15, -0.1) is 0 Å². The standard InChI is InChI=1S/C19H17NO2/c1-13-7-6-8-15(11-13)14(2)18-12-16(19(21)22-3)17-9-4-5-10-20(17)18/h4-12H,2H2,1,3H3. The van der Waals surface area contributed by atoms with E-state index in [1.165, 1.54) is 12.7 Å².